The minimum atomic E-state index is 0.891. The first-order valence-electron chi connectivity index (χ1n) is 17.8. The predicted molar refractivity (Wildman–Crippen MR) is 219 cm³/mol. The highest BCUT2D eigenvalue weighted by Gasteiger charge is 2.20. The van der Waals surface area contributed by atoms with Crippen LogP contribution in [-0.2, 0) is 0 Å². The summed E-state index contributed by atoms with van der Waals surface area (Å²) in [7, 11) is 0. The maximum atomic E-state index is 5.59. The summed E-state index contributed by atoms with van der Waals surface area (Å²) in [4.78, 5) is 11.2. The van der Waals surface area contributed by atoms with Crippen molar-refractivity contribution in [2.24, 2.45) is 0 Å². The van der Waals surface area contributed by atoms with Crippen molar-refractivity contribution >= 4 is 21.8 Å². The number of hydrogen-bond acceptors (Lipinski definition) is 2. The summed E-state index contributed by atoms with van der Waals surface area (Å²) in [5.74, 6) is 0. The van der Waals surface area contributed by atoms with Gasteiger partial charge in [-0.2, -0.15) is 0 Å². The lowest BCUT2D eigenvalue weighted by atomic mass is 9.89. The van der Waals surface area contributed by atoms with E-state index in [1.165, 1.54) is 33.4 Å². The molecule has 0 atom stereocenters. The van der Waals surface area contributed by atoms with Crippen molar-refractivity contribution in [1.29, 1.82) is 0 Å². The van der Waals surface area contributed by atoms with Crippen molar-refractivity contribution in [3.63, 3.8) is 0 Å². The summed E-state index contributed by atoms with van der Waals surface area (Å²) in [6, 6.07) is 64.7. The van der Waals surface area contributed by atoms with Crippen LogP contribution in [0.5, 0.6) is 0 Å². The van der Waals surface area contributed by atoms with Crippen molar-refractivity contribution in [1.82, 2.24) is 9.97 Å². The van der Waals surface area contributed by atoms with Crippen LogP contribution in [-0.4, -0.2) is 9.97 Å². The van der Waals surface area contributed by atoms with Gasteiger partial charge in [0.05, 0.1) is 22.4 Å². The molecule has 7 aromatic carbocycles. The van der Waals surface area contributed by atoms with E-state index in [1.807, 2.05) is 0 Å². The lowest BCUT2D eigenvalue weighted by Gasteiger charge is -2.18. The Kier molecular flexibility index (Phi) is 7.98. The fourth-order valence-electron chi connectivity index (χ4n) is 7.70. The molecule has 0 bridgehead atoms. The van der Waals surface area contributed by atoms with Crippen molar-refractivity contribution in [2.75, 3.05) is 0 Å². The first-order valence-corrected chi connectivity index (χ1v) is 17.8. The maximum Gasteiger partial charge on any atom is 0.0978 e. The van der Waals surface area contributed by atoms with Gasteiger partial charge in [-0.1, -0.05) is 170 Å². The van der Waals surface area contributed by atoms with E-state index in [1.54, 1.807) is 0 Å². The Labute approximate surface area is 304 Å². The Balaban J connectivity index is 1.41. The third-order valence-electron chi connectivity index (χ3n) is 10.2. The summed E-state index contributed by atoms with van der Waals surface area (Å²) in [5, 5.41) is 2.15. The molecule has 9 aromatic rings. The highest BCUT2D eigenvalue weighted by molar-refractivity contribution is 6.13. The van der Waals surface area contributed by atoms with Crippen LogP contribution in [0.2, 0.25) is 0 Å². The van der Waals surface area contributed by atoms with Gasteiger partial charge < -0.3 is 0 Å². The molecule has 2 heteroatoms. The summed E-state index contributed by atoms with van der Waals surface area (Å²) in [6.07, 6.45) is 0. The van der Waals surface area contributed by atoms with Crippen LogP contribution < -0.4 is 0 Å². The molecule has 0 fully saturated rings. The van der Waals surface area contributed by atoms with Gasteiger partial charge in [0.25, 0.3) is 0 Å². The Morgan fingerprint density at radius 1 is 0.308 bits per heavy atom. The number of fused-ring (bicyclic) bond motifs is 3. The van der Waals surface area contributed by atoms with Crippen molar-refractivity contribution < 1.29 is 0 Å². The van der Waals surface area contributed by atoms with Gasteiger partial charge in [-0.05, 0) is 81.6 Å². The summed E-state index contributed by atoms with van der Waals surface area (Å²) >= 11 is 0. The number of benzene rings is 7. The molecule has 2 heterocycles. The normalized spacial score (nSPS) is 11.3. The molecule has 0 aliphatic rings. The molecule has 0 saturated heterocycles. The standard InChI is InChI=1S/C50H36N2/c1-33-17-15-27-41(47(33)37-23-11-5-12-24-37)45-31-43(35-19-7-3-8-20-35)39-29-30-40-44(36-21-9-4-10-22-36)32-46(52-50(40)49(39)51-45)42-28-16-18-34(2)48(42)38-25-13-6-14-26-38/h3-32H,1-2H3. The van der Waals surface area contributed by atoms with Crippen LogP contribution in [0.4, 0.5) is 0 Å². The highest BCUT2D eigenvalue weighted by atomic mass is 14.8. The Bertz CT molecular complexity index is 2530. The van der Waals surface area contributed by atoms with Gasteiger partial charge in [0.15, 0.2) is 0 Å². The smallest absolute Gasteiger partial charge is 0.0978 e. The van der Waals surface area contributed by atoms with E-state index in [4.69, 9.17) is 9.97 Å². The largest absolute Gasteiger partial charge is 0.245 e. The summed E-state index contributed by atoms with van der Waals surface area (Å²) in [5.41, 5.74) is 17.6. The second kappa shape index (κ2) is 13.2. The average molecular weight is 665 g/mol. The zero-order valence-corrected chi connectivity index (χ0v) is 29.2. The zero-order chi connectivity index (χ0) is 35.0. The van der Waals surface area contributed by atoms with Gasteiger partial charge in [-0.15, -0.1) is 0 Å². The van der Waals surface area contributed by atoms with Gasteiger partial charge >= 0.3 is 0 Å². The van der Waals surface area contributed by atoms with Gasteiger partial charge in [-0.25, -0.2) is 9.97 Å². The topological polar surface area (TPSA) is 25.8 Å². The van der Waals surface area contributed by atoms with Crippen LogP contribution in [0.15, 0.2) is 182 Å². The van der Waals surface area contributed by atoms with E-state index >= 15 is 0 Å². The minimum Gasteiger partial charge on any atom is -0.245 e. The summed E-state index contributed by atoms with van der Waals surface area (Å²) in [6.45, 7) is 4.37. The molecule has 52 heavy (non-hydrogen) atoms. The van der Waals surface area contributed by atoms with Gasteiger partial charge in [0.2, 0.25) is 0 Å². The second-order valence-electron chi connectivity index (χ2n) is 13.4. The molecule has 0 unspecified atom stereocenters. The monoisotopic (exact) mass is 664 g/mol. The van der Waals surface area contributed by atoms with Crippen molar-refractivity contribution in [2.45, 2.75) is 13.8 Å². The lowest BCUT2D eigenvalue weighted by molar-refractivity contribution is 1.35. The molecule has 0 N–H and O–H groups in total. The van der Waals surface area contributed by atoms with E-state index in [9.17, 15) is 0 Å². The Morgan fingerprint density at radius 2 is 0.654 bits per heavy atom. The molecule has 0 spiro atoms. The molecule has 2 nitrogen and oxygen atoms in total. The van der Waals surface area contributed by atoms with E-state index < -0.39 is 0 Å². The maximum absolute atomic E-state index is 5.59. The number of aryl methyl sites for hydroxylation is 2. The number of nitrogens with zero attached hydrogens (tertiary/aromatic N) is 2. The zero-order valence-electron chi connectivity index (χ0n) is 29.2. The minimum absolute atomic E-state index is 0.891. The quantitative estimate of drug-likeness (QED) is 0.165. The van der Waals surface area contributed by atoms with E-state index in [-0.39, 0.29) is 0 Å². The molecule has 0 amide bonds. The molecule has 246 valence electrons. The van der Waals surface area contributed by atoms with Crippen LogP contribution in [0.3, 0.4) is 0 Å². The third-order valence-corrected chi connectivity index (χ3v) is 10.2. The van der Waals surface area contributed by atoms with E-state index in [0.29, 0.717) is 0 Å². The van der Waals surface area contributed by atoms with Crippen molar-refractivity contribution in [3.05, 3.63) is 193 Å². The second-order valence-corrected chi connectivity index (χ2v) is 13.4. The van der Waals surface area contributed by atoms with E-state index in [0.717, 1.165) is 66.6 Å². The number of hydrogen-bond donors (Lipinski definition) is 0. The number of pyridine rings is 2. The fourth-order valence-corrected chi connectivity index (χ4v) is 7.70. The third kappa shape index (κ3) is 5.55. The Morgan fingerprint density at radius 3 is 1.02 bits per heavy atom. The lowest BCUT2D eigenvalue weighted by Crippen LogP contribution is -1.98. The molecule has 0 aliphatic carbocycles. The fraction of sp³-hybridized carbons (Fsp3) is 0.0400. The number of aromatic nitrogens is 2. The van der Waals surface area contributed by atoms with Crippen molar-refractivity contribution in [3.8, 4) is 67.0 Å². The molecular formula is C50H36N2. The molecule has 9 rings (SSSR count). The van der Waals surface area contributed by atoms with Crippen LogP contribution in [0, 0.1) is 13.8 Å². The summed E-state index contributed by atoms with van der Waals surface area (Å²) < 4.78 is 0. The molecular weight excluding hydrogens is 629 g/mol. The first kappa shape index (κ1) is 31.3. The predicted octanol–water partition coefficient (Wildman–Crippen LogP) is 13.4. The van der Waals surface area contributed by atoms with Gasteiger partial charge in [-0.3, -0.25) is 0 Å². The highest BCUT2D eigenvalue weighted by Crippen LogP contribution is 2.43. The first-order chi connectivity index (χ1) is 25.6. The SMILES string of the molecule is Cc1cccc(-c2cc(-c3ccccc3)c3ccc4c(-c5ccccc5)cc(-c5cccc(C)c5-c5ccccc5)nc4c3n2)c1-c1ccccc1. The van der Waals surface area contributed by atoms with Crippen LogP contribution >= 0.6 is 0 Å². The molecule has 0 aliphatic heterocycles. The van der Waals surface area contributed by atoms with Gasteiger partial charge in [0.1, 0.15) is 0 Å². The van der Waals surface area contributed by atoms with E-state index in [2.05, 4.69) is 196 Å². The Hall–Kier alpha value is -6.64. The molecule has 0 radical (unpaired) electrons. The average Bonchev–Trinajstić information content (AvgIpc) is 3.21. The van der Waals surface area contributed by atoms with Crippen LogP contribution in [0.25, 0.3) is 88.8 Å². The molecule has 2 aromatic heterocycles. The molecule has 0 saturated carbocycles. The number of rotatable bonds is 6. The van der Waals surface area contributed by atoms with Gasteiger partial charge in [0, 0.05) is 21.9 Å². The van der Waals surface area contributed by atoms with Crippen LogP contribution in [0.1, 0.15) is 11.1 Å².